The Morgan fingerprint density at radius 1 is 1.13 bits per heavy atom. The molecule has 120 valence electrons. The largest absolute Gasteiger partial charge is 0.378 e. The number of carbonyl (C=O) groups is 1. The number of benzene rings is 2. The van der Waals surface area contributed by atoms with Gasteiger partial charge in [-0.1, -0.05) is 24.3 Å². The van der Waals surface area contributed by atoms with Gasteiger partial charge in [0.1, 0.15) is 5.82 Å². The predicted molar refractivity (Wildman–Crippen MR) is 89.9 cm³/mol. The molecule has 4 heteroatoms. The first-order valence-electron chi connectivity index (χ1n) is 7.84. The third-order valence-electron chi connectivity index (χ3n) is 4.34. The molecule has 2 unspecified atom stereocenters. The van der Waals surface area contributed by atoms with E-state index in [4.69, 9.17) is 0 Å². The SMILES string of the molecule is CN(C)c1ccc(CNC(=O)C2CC2c2ccc(F)cc2)cc1. The zero-order valence-electron chi connectivity index (χ0n) is 13.4. The lowest BCUT2D eigenvalue weighted by Crippen LogP contribution is -2.24. The molecular formula is C19H21FN2O. The van der Waals surface area contributed by atoms with Crippen molar-refractivity contribution in [2.75, 3.05) is 19.0 Å². The van der Waals surface area contributed by atoms with Gasteiger partial charge in [0.25, 0.3) is 0 Å². The van der Waals surface area contributed by atoms with E-state index in [-0.39, 0.29) is 23.6 Å². The Hall–Kier alpha value is -2.36. The Labute approximate surface area is 136 Å². The molecule has 0 heterocycles. The minimum Gasteiger partial charge on any atom is -0.378 e. The molecule has 1 aliphatic rings. The molecular weight excluding hydrogens is 291 g/mol. The lowest BCUT2D eigenvalue weighted by molar-refractivity contribution is -0.122. The topological polar surface area (TPSA) is 32.3 Å². The van der Waals surface area contributed by atoms with E-state index in [2.05, 4.69) is 5.32 Å². The van der Waals surface area contributed by atoms with Gasteiger partial charge >= 0.3 is 0 Å². The second-order valence-corrected chi connectivity index (χ2v) is 6.28. The summed E-state index contributed by atoms with van der Waals surface area (Å²) in [6.45, 7) is 0.541. The highest BCUT2D eigenvalue weighted by molar-refractivity contribution is 5.82. The summed E-state index contributed by atoms with van der Waals surface area (Å²) in [6, 6.07) is 14.6. The summed E-state index contributed by atoms with van der Waals surface area (Å²) in [5.41, 5.74) is 3.27. The van der Waals surface area contributed by atoms with Crippen LogP contribution in [0.5, 0.6) is 0 Å². The van der Waals surface area contributed by atoms with Crippen LogP contribution in [0.2, 0.25) is 0 Å². The van der Waals surface area contributed by atoms with Crippen LogP contribution in [0.1, 0.15) is 23.5 Å². The molecule has 2 atom stereocenters. The third-order valence-corrected chi connectivity index (χ3v) is 4.34. The van der Waals surface area contributed by atoms with Gasteiger partial charge in [-0.25, -0.2) is 4.39 Å². The quantitative estimate of drug-likeness (QED) is 0.918. The summed E-state index contributed by atoms with van der Waals surface area (Å²) in [4.78, 5) is 14.3. The second-order valence-electron chi connectivity index (χ2n) is 6.28. The molecule has 0 aliphatic heterocycles. The van der Waals surface area contributed by atoms with Gasteiger partial charge in [-0.2, -0.15) is 0 Å². The molecule has 23 heavy (non-hydrogen) atoms. The Balaban J connectivity index is 1.51. The summed E-state index contributed by atoms with van der Waals surface area (Å²) in [6.07, 6.45) is 0.844. The minimum absolute atomic E-state index is 0.0153. The molecule has 0 saturated heterocycles. The van der Waals surface area contributed by atoms with Crippen molar-refractivity contribution in [3.8, 4) is 0 Å². The number of hydrogen-bond acceptors (Lipinski definition) is 2. The van der Waals surface area contributed by atoms with Crippen molar-refractivity contribution in [3.05, 3.63) is 65.5 Å². The van der Waals surface area contributed by atoms with E-state index >= 15 is 0 Å². The van der Waals surface area contributed by atoms with Crippen molar-refractivity contribution in [2.45, 2.75) is 18.9 Å². The highest BCUT2D eigenvalue weighted by atomic mass is 19.1. The number of nitrogens with one attached hydrogen (secondary N) is 1. The van der Waals surface area contributed by atoms with Crippen LogP contribution < -0.4 is 10.2 Å². The van der Waals surface area contributed by atoms with Gasteiger partial charge in [0.05, 0.1) is 0 Å². The molecule has 1 N–H and O–H groups in total. The van der Waals surface area contributed by atoms with Gasteiger partial charge in [0, 0.05) is 32.2 Å². The summed E-state index contributed by atoms with van der Waals surface area (Å²) >= 11 is 0. The fraction of sp³-hybridized carbons (Fsp3) is 0.316. The highest BCUT2D eigenvalue weighted by Gasteiger charge is 2.43. The van der Waals surface area contributed by atoms with Crippen LogP contribution in [0.25, 0.3) is 0 Å². The normalized spacial score (nSPS) is 19.3. The van der Waals surface area contributed by atoms with E-state index in [1.54, 1.807) is 12.1 Å². The summed E-state index contributed by atoms with van der Waals surface area (Å²) in [5, 5.41) is 2.99. The van der Waals surface area contributed by atoms with Gasteiger partial charge in [0.15, 0.2) is 0 Å². The molecule has 0 bridgehead atoms. The van der Waals surface area contributed by atoms with E-state index in [1.807, 2.05) is 43.3 Å². The molecule has 0 aromatic heterocycles. The average molecular weight is 312 g/mol. The molecule has 1 saturated carbocycles. The van der Waals surface area contributed by atoms with Crippen molar-refractivity contribution < 1.29 is 9.18 Å². The van der Waals surface area contributed by atoms with Crippen LogP contribution in [0.3, 0.4) is 0 Å². The maximum Gasteiger partial charge on any atom is 0.224 e. The molecule has 1 amide bonds. The molecule has 1 aliphatic carbocycles. The first-order valence-corrected chi connectivity index (χ1v) is 7.84. The number of nitrogens with zero attached hydrogens (tertiary/aromatic N) is 1. The smallest absolute Gasteiger partial charge is 0.224 e. The van der Waals surface area contributed by atoms with E-state index in [9.17, 15) is 9.18 Å². The van der Waals surface area contributed by atoms with Gasteiger partial charge < -0.3 is 10.2 Å². The van der Waals surface area contributed by atoms with Crippen molar-refractivity contribution in [3.63, 3.8) is 0 Å². The van der Waals surface area contributed by atoms with Crippen LogP contribution in [-0.4, -0.2) is 20.0 Å². The minimum atomic E-state index is -0.239. The molecule has 1 fully saturated rings. The van der Waals surface area contributed by atoms with Gasteiger partial charge in [-0.05, 0) is 47.7 Å². The highest BCUT2D eigenvalue weighted by Crippen LogP contribution is 2.47. The number of anilines is 1. The van der Waals surface area contributed by atoms with E-state index in [0.29, 0.717) is 6.54 Å². The molecule has 0 spiro atoms. The standard InChI is InChI=1S/C19H21FN2O/c1-22(2)16-9-3-13(4-10-16)12-21-19(23)18-11-17(18)14-5-7-15(20)8-6-14/h3-10,17-18H,11-12H2,1-2H3,(H,21,23). The summed E-state index contributed by atoms with van der Waals surface area (Å²) < 4.78 is 12.9. The van der Waals surface area contributed by atoms with Gasteiger partial charge in [-0.15, -0.1) is 0 Å². The molecule has 2 aromatic rings. The van der Waals surface area contributed by atoms with Crippen molar-refractivity contribution in [1.29, 1.82) is 0 Å². The van der Waals surface area contributed by atoms with Crippen molar-refractivity contribution >= 4 is 11.6 Å². The Kier molecular flexibility index (Phi) is 4.33. The molecule has 0 radical (unpaired) electrons. The monoisotopic (exact) mass is 312 g/mol. The van der Waals surface area contributed by atoms with Crippen LogP contribution >= 0.6 is 0 Å². The Bertz CT molecular complexity index is 680. The zero-order valence-corrected chi connectivity index (χ0v) is 13.4. The first kappa shape index (κ1) is 15.5. The fourth-order valence-corrected chi connectivity index (χ4v) is 2.80. The van der Waals surface area contributed by atoms with Gasteiger partial charge in [0.2, 0.25) is 5.91 Å². The van der Waals surface area contributed by atoms with Crippen LogP contribution in [0.4, 0.5) is 10.1 Å². The average Bonchev–Trinajstić information content (AvgIpc) is 3.34. The predicted octanol–water partition coefficient (Wildman–Crippen LogP) is 3.31. The fourth-order valence-electron chi connectivity index (χ4n) is 2.80. The maximum absolute atomic E-state index is 12.9. The second kappa shape index (κ2) is 6.41. The maximum atomic E-state index is 12.9. The lowest BCUT2D eigenvalue weighted by atomic mass is 10.1. The number of amides is 1. The van der Waals surface area contributed by atoms with E-state index in [0.717, 1.165) is 23.2 Å². The molecule has 3 nitrogen and oxygen atoms in total. The number of halogens is 1. The van der Waals surface area contributed by atoms with E-state index < -0.39 is 0 Å². The Morgan fingerprint density at radius 2 is 1.78 bits per heavy atom. The van der Waals surface area contributed by atoms with Crippen LogP contribution in [0, 0.1) is 11.7 Å². The van der Waals surface area contributed by atoms with Crippen molar-refractivity contribution in [1.82, 2.24) is 5.32 Å². The number of rotatable bonds is 5. The molecule has 3 rings (SSSR count). The summed E-state index contributed by atoms with van der Waals surface area (Å²) in [5.74, 6) is 0.0841. The summed E-state index contributed by atoms with van der Waals surface area (Å²) in [7, 11) is 4.00. The molecule has 2 aromatic carbocycles. The van der Waals surface area contributed by atoms with Crippen LogP contribution in [-0.2, 0) is 11.3 Å². The number of carbonyl (C=O) groups excluding carboxylic acids is 1. The first-order chi connectivity index (χ1) is 11.0. The third kappa shape index (κ3) is 3.70. The lowest BCUT2D eigenvalue weighted by Gasteiger charge is -2.13. The zero-order chi connectivity index (χ0) is 16.4. The number of hydrogen-bond donors (Lipinski definition) is 1. The van der Waals surface area contributed by atoms with Crippen LogP contribution in [0.15, 0.2) is 48.5 Å². The Morgan fingerprint density at radius 3 is 2.39 bits per heavy atom. The van der Waals surface area contributed by atoms with Crippen molar-refractivity contribution in [2.24, 2.45) is 5.92 Å². The van der Waals surface area contributed by atoms with E-state index in [1.165, 1.54) is 12.1 Å². The van der Waals surface area contributed by atoms with Gasteiger partial charge in [-0.3, -0.25) is 4.79 Å².